The first kappa shape index (κ1) is 26.9. The van der Waals surface area contributed by atoms with E-state index in [4.69, 9.17) is 14.6 Å². The number of carbonyl (C=O) groups excluding carboxylic acids is 1. The maximum absolute atomic E-state index is 12.6. The van der Waals surface area contributed by atoms with E-state index in [1.165, 1.54) is 0 Å². The van der Waals surface area contributed by atoms with Crippen LogP contribution in [0.15, 0.2) is 24.3 Å². The van der Waals surface area contributed by atoms with Crippen molar-refractivity contribution < 1.29 is 41.0 Å². The van der Waals surface area contributed by atoms with E-state index < -0.39 is 27.2 Å². The zero-order chi connectivity index (χ0) is 25.0. The second kappa shape index (κ2) is 10.7. The maximum atomic E-state index is 12.6. The summed E-state index contributed by atoms with van der Waals surface area (Å²) in [5.74, 6) is -2.21. The predicted octanol–water partition coefficient (Wildman–Crippen LogP) is 2.09. The number of carbonyl (C=O) groups is 2. The highest BCUT2D eigenvalue weighted by atomic mass is 32.2. The van der Waals surface area contributed by atoms with Crippen LogP contribution in [0, 0.1) is 11.8 Å². The molecule has 2 aliphatic heterocycles. The van der Waals surface area contributed by atoms with Crippen LogP contribution in [0.1, 0.15) is 25.8 Å². The standard InChI is InChI=1S/C19H28N2O4S.C2HF3O2/c1-13(2)20-19(22)16-7-8-26(23,24)18-12-21(11-17(16)18)10-14-5-4-6-15(9-14)25-3;3-2(4,5)1(6)7/h4-6,9,13,16-18H,7-8,10-12H2,1-3H3,(H,20,22);(H,6,7)/t16-,17+,18+;/m0./s1. The molecule has 0 bridgehead atoms. The molecule has 2 heterocycles. The number of sulfone groups is 1. The monoisotopic (exact) mass is 494 g/mol. The molecule has 2 N–H and O–H groups in total. The number of likely N-dealkylation sites (tertiary alicyclic amines) is 1. The number of hydrogen-bond donors (Lipinski definition) is 2. The lowest BCUT2D eigenvalue weighted by molar-refractivity contribution is -0.192. The maximum Gasteiger partial charge on any atom is 0.490 e. The topological polar surface area (TPSA) is 113 Å². The van der Waals surface area contributed by atoms with Gasteiger partial charge in [-0.15, -0.1) is 0 Å². The van der Waals surface area contributed by atoms with Gasteiger partial charge in [0.1, 0.15) is 5.75 Å². The van der Waals surface area contributed by atoms with Gasteiger partial charge in [0.05, 0.1) is 18.1 Å². The lowest BCUT2D eigenvalue weighted by Gasteiger charge is -2.32. The summed E-state index contributed by atoms with van der Waals surface area (Å²) in [5.41, 5.74) is 1.09. The van der Waals surface area contributed by atoms with Gasteiger partial charge in [-0.2, -0.15) is 13.2 Å². The molecule has 0 saturated carbocycles. The minimum Gasteiger partial charge on any atom is -0.497 e. The first-order valence-electron chi connectivity index (χ1n) is 10.4. The fraction of sp³-hybridized carbons (Fsp3) is 0.619. The average molecular weight is 495 g/mol. The van der Waals surface area contributed by atoms with Gasteiger partial charge in [0.15, 0.2) is 9.84 Å². The first-order valence-corrected chi connectivity index (χ1v) is 12.1. The molecule has 3 rings (SSSR count). The second-order valence-corrected chi connectivity index (χ2v) is 10.8. The number of carboxylic acids is 1. The molecule has 8 nitrogen and oxygen atoms in total. The Balaban J connectivity index is 0.000000479. The van der Waals surface area contributed by atoms with Gasteiger partial charge in [-0.3, -0.25) is 9.69 Å². The lowest BCUT2D eigenvalue weighted by Crippen LogP contribution is -2.48. The van der Waals surface area contributed by atoms with Gasteiger partial charge >= 0.3 is 12.1 Å². The van der Waals surface area contributed by atoms with Crippen molar-refractivity contribution >= 4 is 21.7 Å². The number of rotatable bonds is 5. The molecule has 0 aromatic heterocycles. The molecule has 0 unspecified atom stereocenters. The summed E-state index contributed by atoms with van der Waals surface area (Å²) in [5, 5.41) is 9.65. The zero-order valence-corrected chi connectivity index (χ0v) is 19.4. The lowest BCUT2D eigenvalue weighted by atomic mass is 9.87. The van der Waals surface area contributed by atoms with Crippen LogP contribution < -0.4 is 10.1 Å². The summed E-state index contributed by atoms with van der Waals surface area (Å²) in [6.07, 6.45) is -4.66. The van der Waals surface area contributed by atoms with Crippen molar-refractivity contribution in [3.63, 3.8) is 0 Å². The van der Waals surface area contributed by atoms with Crippen LogP contribution in [0.5, 0.6) is 5.75 Å². The average Bonchev–Trinajstić information content (AvgIpc) is 3.12. The van der Waals surface area contributed by atoms with E-state index >= 15 is 0 Å². The third-order valence-corrected chi connectivity index (χ3v) is 7.85. The van der Waals surface area contributed by atoms with Gasteiger partial charge in [-0.1, -0.05) is 12.1 Å². The van der Waals surface area contributed by atoms with E-state index in [2.05, 4.69) is 10.2 Å². The fourth-order valence-electron chi connectivity index (χ4n) is 4.18. The summed E-state index contributed by atoms with van der Waals surface area (Å²) < 4.78 is 62.1. The number of aliphatic carboxylic acids is 1. The SMILES string of the molecule is COc1cccc(CN2C[C@@H]3[C@@H](C(=O)NC(C)C)CCS(=O)(=O)[C@@H]3C2)c1.O=C(O)C(F)(F)F. The minimum atomic E-state index is -5.08. The van der Waals surface area contributed by atoms with Gasteiger partial charge in [0, 0.05) is 37.5 Å². The molecule has 2 fully saturated rings. The van der Waals surface area contributed by atoms with Crippen LogP contribution in [0.3, 0.4) is 0 Å². The van der Waals surface area contributed by atoms with Crippen LogP contribution in [0.4, 0.5) is 13.2 Å². The molecule has 1 amide bonds. The van der Waals surface area contributed by atoms with E-state index in [1.807, 2.05) is 38.1 Å². The molecule has 0 spiro atoms. The minimum absolute atomic E-state index is 0.00636. The summed E-state index contributed by atoms with van der Waals surface area (Å²) >= 11 is 0. The third-order valence-electron chi connectivity index (χ3n) is 5.63. The summed E-state index contributed by atoms with van der Waals surface area (Å²) in [4.78, 5) is 23.6. The number of fused-ring (bicyclic) bond motifs is 1. The van der Waals surface area contributed by atoms with E-state index in [0.717, 1.165) is 11.3 Å². The molecule has 2 saturated heterocycles. The van der Waals surface area contributed by atoms with Crippen molar-refractivity contribution in [2.75, 3.05) is 26.0 Å². The van der Waals surface area contributed by atoms with Crippen LogP contribution in [-0.4, -0.2) is 73.7 Å². The van der Waals surface area contributed by atoms with Crippen LogP contribution in [-0.2, 0) is 26.0 Å². The van der Waals surface area contributed by atoms with Gasteiger partial charge in [0.2, 0.25) is 5.91 Å². The van der Waals surface area contributed by atoms with Crippen molar-refractivity contribution in [3.8, 4) is 5.75 Å². The largest absolute Gasteiger partial charge is 0.497 e. The first-order chi connectivity index (χ1) is 15.2. The van der Waals surface area contributed by atoms with E-state index in [0.29, 0.717) is 26.1 Å². The Bertz CT molecular complexity index is 952. The van der Waals surface area contributed by atoms with Crippen LogP contribution in [0.2, 0.25) is 0 Å². The molecule has 12 heteroatoms. The smallest absolute Gasteiger partial charge is 0.490 e. The molecular formula is C21H29F3N2O6S. The molecule has 0 aliphatic carbocycles. The number of ether oxygens (including phenoxy) is 1. The highest BCUT2D eigenvalue weighted by Crippen LogP contribution is 2.37. The molecule has 186 valence electrons. The second-order valence-electron chi connectivity index (χ2n) is 8.48. The third kappa shape index (κ3) is 7.32. The van der Waals surface area contributed by atoms with Crippen molar-refractivity contribution in [2.45, 2.75) is 44.3 Å². The predicted molar refractivity (Wildman–Crippen MR) is 114 cm³/mol. The molecule has 1 aromatic carbocycles. The molecular weight excluding hydrogens is 465 g/mol. The highest BCUT2D eigenvalue weighted by molar-refractivity contribution is 7.92. The molecule has 33 heavy (non-hydrogen) atoms. The van der Waals surface area contributed by atoms with Gasteiger partial charge in [-0.25, -0.2) is 13.2 Å². The molecule has 1 aromatic rings. The normalized spacial score (nSPS) is 24.4. The Hall–Kier alpha value is -2.34. The number of methoxy groups -OCH3 is 1. The van der Waals surface area contributed by atoms with Gasteiger partial charge in [-0.05, 0) is 38.0 Å². The quantitative estimate of drug-likeness (QED) is 0.645. The molecule has 0 radical (unpaired) electrons. The zero-order valence-electron chi connectivity index (χ0n) is 18.6. The number of carboxylic acid groups (broad SMARTS) is 1. The molecule has 2 aliphatic rings. The van der Waals surface area contributed by atoms with Crippen molar-refractivity contribution in [1.82, 2.24) is 10.2 Å². The summed E-state index contributed by atoms with van der Waals surface area (Å²) in [6.45, 7) is 5.66. The van der Waals surface area contributed by atoms with E-state index in [1.54, 1.807) is 7.11 Å². The highest BCUT2D eigenvalue weighted by Gasteiger charge is 2.50. The van der Waals surface area contributed by atoms with Crippen molar-refractivity contribution in [3.05, 3.63) is 29.8 Å². The number of amides is 1. The van der Waals surface area contributed by atoms with Crippen LogP contribution >= 0.6 is 0 Å². The number of nitrogens with zero attached hydrogens (tertiary/aromatic N) is 1. The summed E-state index contributed by atoms with van der Waals surface area (Å²) in [7, 11) is -1.51. The Morgan fingerprint density at radius 2 is 1.91 bits per heavy atom. The fourth-order valence-corrected chi connectivity index (χ4v) is 6.31. The van der Waals surface area contributed by atoms with E-state index in [9.17, 15) is 26.4 Å². The van der Waals surface area contributed by atoms with Crippen LogP contribution in [0.25, 0.3) is 0 Å². The Labute approximate surface area is 191 Å². The number of halogens is 3. The van der Waals surface area contributed by atoms with Crippen molar-refractivity contribution in [2.24, 2.45) is 11.8 Å². The molecule has 3 atom stereocenters. The number of benzene rings is 1. The van der Waals surface area contributed by atoms with Gasteiger partial charge in [0.25, 0.3) is 0 Å². The van der Waals surface area contributed by atoms with Crippen molar-refractivity contribution in [1.29, 1.82) is 0 Å². The number of hydrogen-bond acceptors (Lipinski definition) is 6. The summed E-state index contributed by atoms with van der Waals surface area (Å²) in [6, 6.07) is 7.88. The Kier molecular flexibility index (Phi) is 8.75. The number of alkyl halides is 3. The Morgan fingerprint density at radius 1 is 1.27 bits per heavy atom. The number of nitrogens with one attached hydrogen (secondary N) is 1. The van der Waals surface area contributed by atoms with Gasteiger partial charge < -0.3 is 15.2 Å². The van der Waals surface area contributed by atoms with E-state index in [-0.39, 0.29) is 29.5 Å². The Morgan fingerprint density at radius 3 is 2.45 bits per heavy atom.